The Morgan fingerprint density at radius 1 is 1.26 bits per heavy atom. The predicted molar refractivity (Wildman–Crippen MR) is 116 cm³/mol. The molecule has 2 aromatic heterocycles. The van der Waals surface area contributed by atoms with Crippen molar-refractivity contribution in [3.05, 3.63) is 41.6 Å². The van der Waals surface area contributed by atoms with Gasteiger partial charge >= 0.3 is 5.97 Å². The third-order valence-corrected chi connectivity index (χ3v) is 7.03. The maximum Gasteiger partial charge on any atom is 0.338 e. The average molecular weight is 442 g/mol. The van der Waals surface area contributed by atoms with Gasteiger partial charge in [-0.3, -0.25) is 4.79 Å². The van der Waals surface area contributed by atoms with Crippen molar-refractivity contribution in [1.82, 2.24) is 14.8 Å². The molecule has 1 amide bonds. The number of carbonyl (C=O) groups is 2. The number of fused-ring (bicyclic) bond motifs is 1. The molecule has 3 heterocycles. The molecule has 31 heavy (non-hydrogen) atoms. The summed E-state index contributed by atoms with van der Waals surface area (Å²) < 4.78 is 30.6. The number of anilines is 1. The zero-order chi connectivity index (χ0) is 22.3. The molecule has 1 aliphatic rings. The number of nitrogens with zero attached hydrogens (tertiary/aromatic N) is 3. The van der Waals surface area contributed by atoms with E-state index in [0.717, 1.165) is 0 Å². The molecule has 1 aliphatic heterocycles. The summed E-state index contributed by atoms with van der Waals surface area (Å²) in [7, 11) is -1.83. The molecule has 1 N–H and O–H groups in total. The summed E-state index contributed by atoms with van der Waals surface area (Å²) in [5.74, 6) is -0.651. The van der Waals surface area contributed by atoms with Crippen LogP contribution in [0, 0.1) is 6.92 Å². The smallest absolute Gasteiger partial charge is 0.338 e. The van der Waals surface area contributed by atoms with Gasteiger partial charge in [0.2, 0.25) is 5.91 Å². The number of hydrogen-bond donors (Lipinski definition) is 1. The number of amides is 1. The molecule has 4 rings (SSSR count). The molecule has 0 radical (unpaired) electrons. The van der Waals surface area contributed by atoms with Gasteiger partial charge in [0.15, 0.2) is 15.5 Å². The number of rotatable bonds is 4. The molecule has 10 heteroatoms. The minimum atomic E-state index is -3.13. The van der Waals surface area contributed by atoms with Crippen LogP contribution in [-0.2, 0) is 19.4 Å². The first kappa shape index (κ1) is 21.0. The number of aryl methyl sites for hydroxylation is 1. The van der Waals surface area contributed by atoms with Crippen LogP contribution in [0.5, 0.6) is 0 Å². The number of carbonyl (C=O) groups excluding carboxylic acids is 2. The Kier molecular flexibility index (Phi) is 5.26. The molecule has 1 unspecified atom stereocenters. The molecule has 1 aromatic carbocycles. The molecule has 1 atom stereocenters. The summed E-state index contributed by atoms with van der Waals surface area (Å²) in [6.07, 6.45) is 0.441. The van der Waals surface area contributed by atoms with Crippen molar-refractivity contribution in [2.75, 3.05) is 23.9 Å². The first-order chi connectivity index (χ1) is 14.7. The van der Waals surface area contributed by atoms with Gasteiger partial charge in [-0.05, 0) is 31.5 Å². The Labute approximate surface area is 179 Å². The fraction of sp³-hybridized carbons (Fsp3) is 0.333. The number of aromatic nitrogens is 3. The molecular weight excluding hydrogens is 420 g/mol. The summed E-state index contributed by atoms with van der Waals surface area (Å²) in [6, 6.07) is 8.38. The summed E-state index contributed by atoms with van der Waals surface area (Å²) in [4.78, 5) is 28.7. The lowest BCUT2D eigenvalue weighted by molar-refractivity contribution is -0.114. The van der Waals surface area contributed by atoms with Gasteiger partial charge in [-0.15, -0.1) is 0 Å². The van der Waals surface area contributed by atoms with E-state index in [0.29, 0.717) is 45.7 Å². The average Bonchev–Trinajstić information content (AvgIpc) is 3.25. The summed E-state index contributed by atoms with van der Waals surface area (Å²) >= 11 is 0. The Morgan fingerprint density at radius 3 is 2.68 bits per heavy atom. The summed E-state index contributed by atoms with van der Waals surface area (Å²) in [5.41, 5.74) is 3.08. The van der Waals surface area contributed by atoms with E-state index in [9.17, 15) is 18.0 Å². The lowest BCUT2D eigenvalue weighted by Crippen LogP contribution is -2.13. The van der Waals surface area contributed by atoms with Crippen LogP contribution in [-0.4, -0.2) is 53.7 Å². The molecule has 1 saturated heterocycles. The molecule has 1 fully saturated rings. The monoisotopic (exact) mass is 442 g/mol. The molecule has 162 valence electrons. The topological polar surface area (TPSA) is 120 Å². The van der Waals surface area contributed by atoms with E-state index in [1.807, 2.05) is 6.07 Å². The molecule has 0 aliphatic carbocycles. The van der Waals surface area contributed by atoms with E-state index in [4.69, 9.17) is 9.72 Å². The first-order valence-corrected chi connectivity index (χ1v) is 11.6. The van der Waals surface area contributed by atoms with Gasteiger partial charge in [-0.25, -0.2) is 22.9 Å². The Balaban J connectivity index is 1.92. The normalized spacial score (nSPS) is 17.6. The van der Waals surface area contributed by atoms with Crippen LogP contribution in [0.3, 0.4) is 0 Å². The Morgan fingerprint density at radius 2 is 2.03 bits per heavy atom. The largest absolute Gasteiger partial charge is 0.465 e. The number of sulfone groups is 1. The Bertz CT molecular complexity index is 1310. The van der Waals surface area contributed by atoms with Crippen molar-refractivity contribution < 1.29 is 22.7 Å². The first-order valence-electron chi connectivity index (χ1n) is 9.75. The molecule has 3 aromatic rings. The number of benzene rings is 1. The predicted octanol–water partition coefficient (Wildman–Crippen LogP) is 2.51. The van der Waals surface area contributed by atoms with E-state index in [1.165, 1.54) is 14.0 Å². The van der Waals surface area contributed by atoms with E-state index in [-0.39, 0.29) is 23.5 Å². The highest BCUT2D eigenvalue weighted by Crippen LogP contribution is 2.32. The minimum absolute atomic E-state index is 0.0132. The van der Waals surface area contributed by atoms with Crippen LogP contribution in [0.15, 0.2) is 30.3 Å². The van der Waals surface area contributed by atoms with Gasteiger partial charge in [0.1, 0.15) is 0 Å². The highest BCUT2D eigenvalue weighted by Gasteiger charge is 2.32. The van der Waals surface area contributed by atoms with Gasteiger partial charge in [0.25, 0.3) is 0 Å². The standard InChI is InChI=1S/C21H22N4O5S/c1-12-19-17(21(27)30-3)10-18(14-5-4-6-15(9-14)22-13(2)26)23-20(19)25(24-12)16-7-8-31(28,29)11-16/h4-6,9-10,16H,7-8,11H2,1-3H3,(H,22,26). The second kappa shape index (κ2) is 7.77. The Hall–Kier alpha value is -3.27. The van der Waals surface area contributed by atoms with Crippen LogP contribution in [0.4, 0.5) is 5.69 Å². The van der Waals surface area contributed by atoms with E-state index in [2.05, 4.69) is 10.4 Å². The quantitative estimate of drug-likeness (QED) is 0.616. The summed E-state index contributed by atoms with van der Waals surface area (Å²) in [6.45, 7) is 3.18. The molecule has 9 nitrogen and oxygen atoms in total. The van der Waals surface area contributed by atoms with Crippen LogP contribution in [0.25, 0.3) is 22.3 Å². The number of pyridine rings is 1. The summed E-state index contributed by atoms with van der Waals surface area (Å²) in [5, 5.41) is 7.80. The third kappa shape index (κ3) is 4.02. The maximum absolute atomic E-state index is 12.6. The molecule has 0 saturated carbocycles. The van der Waals surface area contributed by atoms with Gasteiger partial charge in [0.05, 0.1) is 47.0 Å². The fourth-order valence-corrected chi connectivity index (χ4v) is 5.61. The van der Waals surface area contributed by atoms with Crippen molar-refractivity contribution in [2.45, 2.75) is 26.3 Å². The van der Waals surface area contributed by atoms with Crippen molar-refractivity contribution >= 4 is 38.4 Å². The zero-order valence-corrected chi connectivity index (χ0v) is 18.2. The fourth-order valence-electron chi connectivity index (χ4n) is 3.91. The number of methoxy groups -OCH3 is 1. The van der Waals surface area contributed by atoms with Crippen LogP contribution < -0.4 is 5.32 Å². The zero-order valence-electron chi connectivity index (χ0n) is 17.4. The van der Waals surface area contributed by atoms with Gasteiger partial charge in [-0.2, -0.15) is 5.10 Å². The highest BCUT2D eigenvalue weighted by molar-refractivity contribution is 7.91. The van der Waals surface area contributed by atoms with Crippen LogP contribution in [0.1, 0.15) is 35.4 Å². The van der Waals surface area contributed by atoms with E-state index in [1.54, 1.807) is 35.9 Å². The van der Waals surface area contributed by atoms with Crippen molar-refractivity contribution in [1.29, 1.82) is 0 Å². The number of hydrogen-bond acceptors (Lipinski definition) is 7. The second-order valence-electron chi connectivity index (χ2n) is 7.59. The van der Waals surface area contributed by atoms with Gasteiger partial charge in [-0.1, -0.05) is 12.1 Å². The van der Waals surface area contributed by atoms with Crippen molar-refractivity contribution in [2.24, 2.45) is 0 Å². The van der Waals surface area contributed by atoms with E-state index >= 15 is 0 Å². The van der Waals surface area contributed by atoms with Crippen LogP contribution in [0.2, 0.25) is 0 Å². The van der Waals surface area contributed by atoms with Gasteiger partial charge in [0, 0.05) is 18.2 Å². The lowest BCUT2D eigenvalue weighted by atomic mass is 10.0. The SMILES string of the molecule is COC(=O)c1cc(-c2cccc(NC(C)=O)c2)nc2c1c(C)nn2C1CCS(=O)(=O)C1. The number of esters is 1. The molecule has 0 bridgehead atoms. The van der Waals surface area contributed by atoms with Crippen molar-refractivity contribution in [3.63, 3.8) is 0 Å². The maximum atomic E-state index is 12.6. The molecule has 0 spiro atoms. The number of nitrogens with one attached hydrogen (secondary N) is 1. The lowest BCUT2D eigenvalue weighted by Gasteiger charge is -2.12. The third-order valence-electron chi connectivity index (χ3n) is 5.28. The van der Waals surface area contributed by atoms with Gasteiger partial charge < -0.3 is 10.1 Å². The number of ether oxygens (including phenoxy) is 1. The second-order valence-corrected chi connectivity index (χ2v) is 9.82. The minimum Gasteiger partial charge on any atom is -0.465 e. The highest BCUT2D eigenvalue weighted by atomic mass is 32.2. The van der Waals surface area contributed by atoms with Crippen molar-refractivity contribution in [3.8, 4) is 11.3 Å². The molecular formula is C21H22N4O5S. The van der Waals surface area contributed by atoms with E-state index < -0.39 is 15.8 Å². The van der Waals surface area contributed by atoms with Crippen LogP contribution >= 0.6 is 0 Å².